The second-order valence-corrected chi connectivity index (χ2v) is 3.52. The van der Waals surface area contributed by atoms with Crippen molar-refractivity contribution in [2.45, 2.75) is 26.2 Å². The van der Waals surface area contributed by atoms with E-state index in [9.17, 15) is 4.39 Å². The Kier molecular flexibility index (Phi) is 3.43. The zero-order valence-corrected chi connectivity index (χ0v) is 8.05. The van der Waals surface area contributed by atoms with Gasteiger partial charge in [0, 0.05) is 6.61 Å². The van der Waals surface area contributed by atoms with Crippen LogP contribution in [-0.4, -0.2) is 11.7 Å². The first-order valence-corrected chi connectivity index (χ1v) is 4.53. The predicted octanol–water partition coefficient (Wildman–Crippen LogP) is 2.48. The molecule has 0 aliphatic rings. The van der Waals surface area contributed by atoms with Gasteiger partial charge < -0.3 is 5.11 Å². The minimum absolute atomic E-state index is 0.0704. The molecule has 1 N–H and O–H groups in total. The molecule has 0 fully saturated rings. The van der Waals surface area contributed by atoms with Crippen molar-refractivity contribution in [3.63, 3.8) is 0 Å². The number of benzene rings is 1. The fourth-order valence-electron chi connectivity index (χ4n) is 1.28. The summed E-state index contributed by atoms with van der Waals surface area (Å²) in [4.78, 5) is 0. The molecule has 1 nitrogen and oxygen atoms in total. The number of aliphatic hydroxyl groups excluding tert-OH is 1. The van der Waals surface area contributed by atoms with Gasteiger partial charge in [0.05, 0.1) is 0 Å². The van der Waals surface area contributed by atoms with Crippen LogP contribution in [0, 0.1) is 5.82 Å². The fourth-order valence-corrected chi connectivity index (χ4v) is 1.28. The highest BCUT2D eigenvalue weighted by atomic mass is 19.1. The van der Waals surface area contributed by atoms with E-state index in [4.69, 9.17) is 5.11 Å². The van der Waals surface area contributed by atoms with Crippen LogP contribution in [0.4, 0.5) is 4.39 Å². The van der Waals surface area contributed by atoms with Crippen molar-refractivity contribution < 1.29 is 9.50 Å². The van der Waals surface area contributed by atoms with E-state index in [0.29, 0.717) is 12.3 Å². The van der Waals surface area contributed by atoms with Crippen molar-refractivity contribution in [2.75, 3.05) is 6.61 Å². The summed E-state index contributed by atoms with van der Waals surface area (Å²) in [5.74, 6) is 0.114. The van der Waals surface area contributed by atoms with Gasteiger partial charge in [0.2, 0.25) is 0 Å². The smallest absolute Gasteiger partial charge is 0.123 e. The molecule has 0 atom stereocenters. The van der Waals surface area contributed by atoms with Crippen LogP contribution in [0.15, 0.2) is 18.2 Å². The van der Waals surface area contributed by atoms with Crippen LogP contribution in [-0.2, 0) is 6.42 Å². The predicted molar refractivity (Wildman–Crippen MR) is 51.3 cm³/mol. The lowest BCUT2D eigenvalue weighted by molar-refractivity contribution is 0.299. The Balaban J connectivity index is 2.96. The monoisotopic (exact) mass is 182 g/mol. The number of rotatable bonds is 3. The molecule has 1 aromatic carbocycles. The van der Waals surface area contributed by atoms with E-state index in [-0.39, 0.29) is 12.4 Å². The third-order valence-corrected chi connectivity index (χ3v) is 2.05. The van der Waals surface area contributed by atoms with E-state index < -0.39 is 0 Å². The summed E-state index contributed by atoms with van der Waals surface area (Å²) < 4.78 is 13.0. The van der Waals surface area contributed by atoms with Crippen molar-refractivity contribution in [2.24, 2.45) is 0 Å². The summed E-state index contributed by atoms with van der Waals surface area (Å²) >= 11 is 0. The highest BCUT2D eigenvalue weighted by Crippen LogP contribution is 2.17. The van der Waals surface area contributed by atoms with Crippen molar-refractivity contribution in [3.8, 4) is 0 Å². The molecule has 0 saturated heterocycles. The highest BCUT2D eigenvalue weighted by Gasteiger charge is 2.03. The summed E-state index contributed by atoms with van der Waals surface area (Å²) in [7, 11) is 0. The summed E-state index contributed by atoms with van der Waals surface area (Å²) in [5.41, 5.74) is 1.86. The maximum Gasteiger partial charge on any atom is 0.123 e. The van der Waals surface area contributed by atoms with E-state index in [0.717, 1.165) is 11.1 Å². The molecule has 13 heavy (non-hydrogen) atoms. The molecule has 0 heterocycles. The minimum atomic E-state index is -0.213. The van der Waals surface area contributed by atoms with Gasteiger partial charge in [0.1, 0.15) is 5.82 Å². The third kappa shape index (κ3) is 2.81. The standard InChI is InChI=1S/C11H15FO/c1-8(2)10-5-9(3-4-13)6-11(12)7-10/h5-8,13H,3-4H2,1-2H3. The van der Waals surface area contributed by atoms with Crippen LogP contribution < -0.4 is 0 Å². The molecule has 0 unspecified atom stereocenters. The SMILES string of the molecule is CC(C)c1cc(F)cc(CCO)c1. The van der Waals surface area contributed by atoms with Gasteiger partial charge in [0.15, 0.2) is 0 Å². The quantitative estimate of drug-likeness (QED) is 0.761. The van der Waals surface area contributed by atoms with E-state index in [1.165, 1.54) is 6.07 Å². The Bertz CT molecular complexity index is 281. The first kappa shape index (κ1) is 10.2. The normalized spacial score (nSPS) is 10.8. The summed E-state index contributed by atoms with van der Waals surface area (Å²) in [5, 5.41) is 8.72. The Morgan fingerprint density at radius 2 is 2.00 bits per heavy atom. The van der Waals surface area contributed by atoms with Gasteiger partial charge in [-0.15, -0.1) is 0 Å². The maximum absolute atomic E-state index is 13.0. The Labute approximate surface area is 78.2 Å². The molecule has 0 aliphatic carbocycles. The lowest BCUT2D eigenvalue weighted by Gasteiger charge is -2.07. The first-order valence-electron chi connectivity index (χ1n) is 4.53. The van der Waals surface area contributed by atoms with Crippen LogP contribution in [0.25, 0.3) is 0 Å². The van der Waals surface area contributed by atoms with Crippen molar-refractivity contribution in [3.05, 3.63) is 35.1 Å². The van der Waals surface area contributed by atoms with E-state index >= 15 is 0 Å². The van der Waals surface area contributed by atoms with Crippen LogP contribution in [0.1, 0.15) is 30.9 Å². The van der Waals surface area contributed by atoms with Gasteiger partial charge in [-0.2, -0.15) is 0 Å². The van der Waals surface area contributed by atoms with E-state index in [1.807, 2.05) is 19.9 Å². The minimum Gasteiger partial charge on any atom is -0.396 e. The van der Waals surface area contributed by atoms with Gasteiger partial charge in [-0.3, -0.25) is 0 Å². The number of halogens is 1. The van der Waals surface area contributed by atoms with Crippen molar-refractivity contribution in [1.82, 2.24) is 0 Å². The molecule has 72 valence electrons. The highest BCUT2D eigenvalue weighted by molar-refractivity contribution is 5.26. The zero-order chi connectivity index (χ0) is 9.84. The average molecular weight is 182 g/mol. The van der Waals surface area contributed by atoms with Gasteiger partial charge in [-0.1, -0.05) is 19.9 Å². The number of aliphatic hydroxyl groups is 1. The molecule has 1 rings (SSSR count). The molecular weight excluding hydrogens is 167 g/mol. The largest absolute Gasteiger partial charge is 0.396 e. The second kappa shape index (κ2) is 4.38. The van der Waals surface area contributed by atoms with E-state index in [2.05, 4.69) is 0 Å². The van der Waals surface area contributed by atoms with Gasteiger partial charge in [-0.25, -0.2) is 4.39 Å². The van der Waals surface area contributed by atoms with Crippen LogP contribution in [0.2, 0.25) is 0 Å². The maximum atomic E-state index is 13.0. The molecule has 0 bridgehead atoms. The Morgan fingerprint density at radius 1 is 1.31 bits per heavy atom. The summed E-state index contributed by atoms with van der Waals surface area (Å²) in [6.07, 6.45) is 0.525. The number of hydrogen-bond donors (Lipinski definition) is 1. The molecule has 0 aromatic heterocycles. The molecule has 0 radical (unpaired) electrons. The van der Waals surface area contributed by atoms with Crippen molar-refractivity contribution >= 4 is 0 Å². The first-order chi connectivity index (χ1) is 6.13. The lowest BCUT2D eigenvalue weighted by atomic mass is 9.99. The Hall–Kier alpha value is -0.890. The van der Waals surface area contributed by atoms with Crippen LogP contribution in [0.5, 0.6) is 0 Å². The van der Waals surface area contributed by atoms with E-state index in [1.54, 1.807) is 6.07 Å². The molecule has 0 spiro atoms. The second-order valence-electron chi connectivity index (χ2n) is 3.52. The zero-order valence-electron chi connectivity index (χ0n) is 8.05. The molecule has 0 aliphatic heterocycles. The summed E-state index contributed by atoms with van der Waals surface area (Å²) in [6, 6.07) is 4.97. The van der Waals surface area contributed by atoms with Gasteiger partial charge in [-0.05, 0) is 35.6 Å². The van der Waals surface area contributed by atoms with Crippen LogP contribution in [0.3, 0.4) is 0 Å². The average Bonchev–Trinajstić information content (AvgIpc) is 2.03. The third-order valence-electron chi connectivity index (χ3n) is 2.05. The fraction of sp³-hybridized carbons (Fsp3) is 0.455. The molecule has 2 heteroatoms. The Morgan fingerprint density at radius 3 is 2.54 bits per heavy atom. The topological polar surface area (TPSA) is 20.2 Å². The summed E-state index contributed by atoms with van der Waals surface area (Å²) in [6.45, 7) is 4.12. The van der Waals surface area contributed by atoms with Gasteiger partial charge in [0.25, 0.3) is 0 Å². The molecule has 1 aromatic rings. The van der Waals surface area contributed by atoms with Crippen LogP contribution >= 0.6 is 0 Å². The molecule has 0 amide bonds. The number of hydrogen-bond acceptors (Lipinski definition) is 1. The lowest BCUT2D eigenvalue weighted by Crippen LogP contribution is -1.96. The molecular formula is C11H15FO. The van der Waals surface area contributed by atoms with Crippen molar-refractivity contribution in [1.29, 1.82) is 0 Å². The van der Waals surface area contributed by atoms with Gasteiger partial charge >= 0.3 is 0 Å². The molecule has 0 saturated carbocycles.